The summed E-state index contributed by atoms with van der Waals surface area (Å²) in [4.78, 5) is 5.31. The molecule has 0 saturated heterocycles. The van der Waals surface area contributed by atoms with Gasteiger partial charge in [-0.15, -0.1) is 0 Å². The molecule has 0 bridgehead atoms. The monoisotopic (exact) mass is 264 g/mol. The van der Waals surface area contributed by atoms with E-state index >= 15 is 0 Å². The predicted octanol–water partition coefficient (Wildman–Crippen LogP) is 2.65. The van der Waals surface area contributed by atoms with Crippen molar-refractivity contribution < 1.29 is 9.84 Å². The lowest BCUT2D eigenvalue weighted by atomic mass is 10.2. The van der Waals surface area contributed by atoms with Gasteiger partial charge in [0.1, 0.15) is 12.4 Å². The Morgan fingerprint density at radius 1 is 1.44 bits per heavy atom. The van der Waals surface area contributed by atoms with Crippen molar-refractivity contribution in [1.82, 2.24) is 4.98 Å². The van der Waals surface area contributed by atoms with Crippen LogP contribution >= 0.6 is 11.3 Å². The van der Waals surface area contributed by atoms with E-state index in [2.05, 4.69) is 10.3 Å². The SMILES string of the molecule is CCNc1ncc(COc2cccc(CO)c2)s1. The molecule has 0 fully saturated rings. The van der Waals surface area contributed by atoms with E-state index in [9.17, 15) is 0 Å². The maximum absolute atomic E-state index is 9.04. The van der Waals surface area contributed by atoms with Gasteiger partial charge >= 0.3 is 0 Å². The number of hydrogen-bond donors (Lipinski definition) is 2. The maximum Gasteiger partial charge on any atom is 0.182 e. The summed E-state index contributed by atoms with van der Waals surface area (Å²) in [5.41, 5.74) is 0.852. The Morgan fingerprint density at radius 3 is 3.11 bits per heavy atom. The van der Waals surface area contributed by atoms with Crippen LogP contribution < -0.4 is 10.1 Å². The van der Waals surface area contributed by atoms with E-state index in [0.29, 0.717) is 6.61 Å². The molecule has 1 heterocycles. The second-order valence-corrected chi connectivity index (χ2v) is 4.87. The van der Waals surface area contributed by atoms with E-state index < -0.39 is 0 Å². The summed E-state index contributed by atoms with van der Waals surface area (Å²) >= 11 is 1.59. The standard InChI is InChI=1S/C13H16N2O2S/c1-2-14-13-15-7-12(18-13)9-17-11-5-3-4-10(6-11)8-16/h3-7,16H,2,8-9H2,1H3,(H,14,15). The molecule has 2 N–H and O–H groups in total. The molecule has 0 aliphatic heterocycles. The van der Waals surface area contributed by atoms with Gasteiger partial charge in [-0.05, 0) is 24.6 Å². The summed E-state index contributed by atoms with van der Waals surface area (Å²) in [6, 6.07) is 7.46. The quantitative estimate of drug-likeness (QED) is 0.842. The number of aromatic nitrogens is 1. The number of aliphatic hydroxyl groups excluding tert-OH is 1. The third kappa shape index (κ3) is 3.45. The predicted molar refractivity (Wildman–Crippen MR) is 73.0 cm³/mol. The van der Waals surface area contributed by atoms with Gasteiger partial charge in [0.2, 0.25) is 0 Å². The minimum Gasteiger partial charge on any atom is -0.488 e. The van der Waals surface area contributed by atoms with Crippen molar-refractivity contribution in [3.05, 3.63) is 40.9 Å². The number of benzene rings is 1. The van der Waals surface area contributed by atoms with Crippen LogP contribution in [0.4, 0.5) is 5.13 Å². The van der Waals surface area contributed by atoms with Crippen LogP contribution in [-0.4, -0.2) is 16.6 Å². The molecule has 2 aromatic rings. The van der Waals surface area contributed by atoms with Gasteiger partial charge in [-0.2, -0.15) is 0 Å². The van der Waals surface area contributed by atoms with Gasteiger partial charge < -0.3 is 15.2 Å². The van der Waals surface area contributed by atoms with Gasteiger partial charge in [-0.1, -0.05) is 23.5 Å². The molecular formula is C13H16N2O2S. The zero-order chi connectivity index (χ0) is 12.8. The highest BCUT2D eigenvalue weighted by Crippen LogP contribution is 2.20. The van der Waals surface area contributed by atoms with E-state index in [4.69, 9.17) is 9.84 Å². The van der Waals surface area contributed by atoms with Gasteiger partial charge in [0.25, 0.3) is 0 Å². The van der Waals surface area contributed by atoms with E-state index in [-0.39, 0.29) is 6.61 Å². The van der Waals surface area contributed by atoms with E-state index in [1.165, 1.54) is 0 Å². The summed E-state index contributed by atoms with van der Waals surface area (Å²) in [7, 11) is 0. The number of anilines is 1. The van der Waals surface area contributed by atoms with Crippen LogP contribution in [0, 0.1) is 0 Å². The van der Waals surface area contributed by atoms with Crippen LogP contribution in [0.5, 0.6) is 5.75 Å². The molecule has 0 atom stereocenters. The zero-order valence-electron chi connectivity index (χ0n) is 10.2. The number of aliphatic hydroxyl groups is 1. The molecule has 2 rings (SSSR count). The van der Waals surface area contributed by atoms with Crippen molar-refractivity contribution in [2.45, 2.75) is 20.1 Å². The lowest BCUT2D eigenvalue weighted by Gasteiger charge is -2.05. The van der Waals surface area contributed by atoms with Gasteiger partial charge in [-0.25, -0.2) is 4.98 Å². The van der Waals surface area contributed by atoms with Crippen LogP contribution in [0.15, 0.2) is 30.5 Å². The highest BCUT2D eigenvalue weighted by Gasteiger charge is 2.02. The molecule has 0 unspecified atom stereocenters. The molecule has 5 heteroatoms. The zero-order valence-corrected chi connectivity index (χ0v) is 11.0. The molecule has 0 amide bonds. The first kappa shape index (κ1) is 12.9. The van der Waals surface area contributed by atoms with Crippen LogP contribution in [-0.2, 0) is 13.2 Å². The topological polar surface area (TPSA) is 54.4 Å². The van der Waals surface area contributed by atoms with Crippen LogP contribution in [0.3, 0.4) is 0 Å². The molecular weight excluding hydrogens is 248 g/mol. The Labute approximate surface area is 110 Å². The Hall–Kier alpha value is -1.59. The smallest absolute Gasteiger partial charge is 0.182 e. The molecule has 4 nitrogen and oxygen atoms in total. The van der Waals surface area contributed by atoms with Crippen molar-refractivity contribution in [3.63, 3.8) is 0 Å². The molecule has 1 aromatic heterocycles. The molecule has 0 spiro atoms. The number of nitrogens with one attached hydrogen (secondary N) is 1. The third-order valence-electron chi connectivity index (χ3n) is 2.34. The number of thiazole rings is 1. The van der Waals surface area contributed by atoms with Crippen LogP contribution in [0.25, 0.3) is 0 Å². The van der Waals surface area contributed by atoms with Gasteiger partial charge in [-0.3, -0.25) is 0 Å². The summed E-state index contributed by atoms with van der Waals surface area (Å²) in [6.45, 7) is 3.44. The average Bonchev–Trinajstić information content (AvgIpc) is 2.85. The van der Waals surface area contributed by atoms with Crippen LogP contribution in [0.1, 0.15) is 17.4 Å². The lowest BCUT2D eigenvalue weighted by Crippen LogP contribution is -1.94. The lowest BCUT2D eigenvalue weighted by molar-refractivity contribution is 0.278. The van der Waals surface area contributed by atoms with Crippen molar-refractivity contribution in [2.75, 3.05) is 11.9 Å². The number of ether oxygens (including phenoxy) is 1. The molecule has 18 heavy (non-hydrogen) atoms. The summed E-state index contributed by atoms with van der Waals surface area (Å²) in [5, 5.41) is 13.1. The highest BCUT2D eigenvalue weighted by atomic mass is 32.1. The first-order valence-electron chi connectivity index (χ1n) is 5.83. The largest absolute Gasteiger partial charge is 0.488 e. The molecule has 0 aliphatic rings. The number of hydrogen-bond acceptors (Lipinski definition) is 5. The Morgan fingerprint density at radius 2 is 2.33 bits per heavy atom. The number of rotatable bonds is 6. The van der Waals surface area contributed by atoms with E-state index in [0.717, 1.165) is 27.9 Å². The first-order chi connectivity index (χ1) is 8.81. The minimum absolute atomic E-state index is 0.0301. The fourth-order valence-corrected chi connectivity index (χ4v) is 2.29. The summed E-state index contributed by atoms with van der Waals surface area (Å²) in [5.74, 6) is 0.764. The number of nitrogens with zero attached hydrogens (tertiary/aromatic N) is 1. The van der Waals surface area contributed by atoms with Crippen molar-refractivity contribution in [2.24, 2.45) is 0 Å². The normalized spacial score (nSPS) is 10.3. The minimum atomic E-state index is 0.0301. The Kier molecular flexibility index (Phi) is 4.55. The third-order valence-corrected chi connectivity index (χ3v) is 3.27. The Balaban J connectivity index is 1.93. The average molecular weight is 264 g/mol. The molecule has 0 saturated carbocycles. The van der Waals surface area contributed by atoms with E-state index in [1.54, 1.807) is 11.3 Å². The van der Waals surface area contributed by atoms with Gasteiger partial charge in [0, 0.05) is 12.7 Å². The second kappa shape index (κ2) is 6.37. The maximum atomic E-state index is 9.04. The fourth-order valence-electron chi connectivity index (χ4n) is 1.50. The van der Waals surface area contributed by atoms with Crippen molar-refractivity contribution in [1.29, 1.82) is 0 Å². The van der Waals surface area contributed by atoms with Gasteiger partial charge in [0.05, 0.1) is 11.5 Å². The van der Waals surface area contributed by atoms with E-state index in [1.807, 2.05) is 37.4 Å². The van der Waals surface area contributed by atoms with Crippen LogP contribution in [0.2, 0.25) is 0 Å². The summed E-state index contributed by atoms with van der Waals surface area (Å²) in [6.07, 6.45) is 1.82. The Bertz CT molecular complexity index is 499. The molecule has 96 valence electrons. The highest BCUT2D eigenvalue weighted by molar-refractivity contribution is 7.15. The van der Waals surface area contributed by atoms with Crippen molar-refractivity contribution >= 4 is 16.5 Å². The molecule has 0 aliphatic carbocycles. The first-order valence-corrected chi connectivity index (χ1v) is 6.64. The van der Waals surface area contributed by atoms with Crippen molar-refractivity contribution in [3.8, 4) is 5.75 Å². The fraction of sp³-hybridized carbons (Fsp3) is 0.308. The second-order valence-electron chi connectivity index (χ2n) is 3.76. The summed E-state index contributed by atoms with van der Waals surface area (Å²) < 4.78 is 5.66. The molecule has 0 radical (unpaired) electrons. The van der Waals surface area contributed by atoms with Gasteiger partial charge in [0.15, 0.2) is 5.13 Å². The molecule has 1 aromatic carbocycles.